The molecule has 0 unspecified atom stereocenters. The molecular weight excluding hydrogens is 354 g/mol. The molecule has 0 aliphatic heterocycles. The van der Waals surface area contributed by atoms with E-state index in [1.54, 1.807) is 0 Å². The first-order valence-electron chi connectivity index (χ1n) is 9.96. The van der Waals surface area contributed by atoms with Crippen LogP contribution >= 0.6 is 0 Å². The Balaban J connectivity index is 1.87. The van der Waals surface area contributed by atoms with Crippen molar-refractivity contribution in [2.45, 2.75) is 26.2 Å². The smallest absolute Gasteiger partial charge is 0.141 e. The summed E-state index contributed by atoms with van der Waals surface area (Å²) in [5.41, 5.74) is 4.21. The molecule has 0 aliphatic carbocycles. The molecule has 0 atom stereocenters. The van der Waals surface area contributed by atoms with Crippen molar-refractivity contribution < 1.29 is 0 Å². The van der Waals surface area contributed by atoms with Crippen molar-refractivity contribution in [2.24, 2.45) is 0 Å². The van der Waals surface area contributed by atoms with Crippen molar-refractivity contribution in [1.82, 2.24) is 14.5 Å². The third kappa shape index (κ3) is 2.99. The van der Waals surface area contributed by atoms with E-state index in [2.05, 4.69) is 92.1 Å². The van der Waals surface area contributed by atoms with E-state index in [1.165, 1.54) is 10.8 Å². The zero-order valence-corrected chi connectivity index (χ0v) is 16.9. The molecule has 29 heavy (non-hydrogen) atoms. The van der Waals surface area contributed by atoms with Crippen molar-refractivity contribution in [3.63, 3.8) is 0 Å². The van der Waals surface area contributed by atoms with Crippen LogP contribution in [0.4, 0.5) is 0 Å². The highest BCUT2D eigenvalue weighted by Gasteiger charge is 2.21. The number of rotatable bonds is 2. The lowest BCUT2D eigenvalue weighted by molar-refractivity contribution is 0.544. The topological polar surface area (TPSA) is 30.7 Å². The second kappa shape index (κ2) is 6.56. The Kier molecular flexibility index (Phi) is 3.99. The fourth-order valence-corrected chi connectivity index (χ4v) is 3.81. The van der Waals surface area contributed by atoms with Gasteiger partial charge in [0.1, 0.15) is 11.6 Å². The summed E-state index contributed by atoms with van der Waals surface area (Å²) < 4.78 is 2.26. The van der Waals surface area contributed by atoms with Gasteiger partial charge in [0.25, 0.3) is 0 Å². The van der Waals surface area contributed by atoms with Crippen LogP contribution < -0.4 is 0 Å². The second-order valence-corrected chi connectivity index (χ2v) is 8.42. The summed E-state index contributed by atoms with van der Waals surface area (Å²) in [6.07, 6.45) is 0. The predicted molar refractivity (Wildman–Crippen MR) is 121 cm³/mol. The number of aromatic nitrogens is 3. The van der Waals surface area contributed by atoms with Crippen LogP contribution in [-0.4, -0.2) is 14.5 Å². The molecule has 0 spiro atoms. The van der Waals surface area contributed by atoms with Gasteiger partial charge in [-0.25, -0.2) is 9.97 Å². The molecule has 0 saturated heterocycles. The van der Waals surface area contributed by atoms with E-state index in [-0.39, 0.29) is 5.41 Å². The lowest BCUT2D eigenvalue weighted by atomic mass is 9.95. The lowest BCUT2D eigenvalue weighted by Gasteiger charge is -2.19. The molecule has 0 saturated carbocycles. The van der Waals surface area contributed by atoms with Gasteiger partial charge in [0.2, 0.25) is 0 Å². The highest BCUT2D eigenvalue weighted by atomic mass is 15.1. The summed E-state index contributed by atoms with van der Waals surface area (Å²) in [5.74, 6) is 1.75. The molecule has 142 valence electrons. The van der Waals surface area contributed by atoms with Crippen molar-refractivity contribution in [3.05, 3.63) is 90.8 Å². The molecule has 2 aromatic heterocycles. The van der Waals surface area contributed by atoms with Crippen LogP contribution in [0, 0.1) is 0 Å². The molecule has 2 heterocycles. The Labute approximate surface area is 170 Å². The van der Waals surface area contributed by atoms with Crippen molar-refractivity contribution in [2.75, 3.05) is 0 Å². The molecule has 0 fully saturated rings. The summed E-state index contributed by atoms with van der Waals surface area (Å²) in [5, 5.41) is 2.47. The number of para-hydroxylation sites is 2. The monoisotopic (exact) mass is 377 g/mol. The number of benzene rings is 3. The zero-order chi connectivity index (χ0) is 20.0. The first-order valence-corrected chi connectivity index (χ1v) is 9.96. The fraction of sp³-hybridized carbons (Fsp3) is 0.154. The highest BCUT2D eigenvalue weighted by molar-refractivity contribution is 6.09. The third-order valence-corrected chi connectivity index (χ3v) is 5.26. The summed E-state index contributed by atoms with van der Waals surface area (Å²) in [6, 6.07) is 29.5. The Hall–Kier alpha value is -3.46. The van der Waals surface area contributed by atoms with Crippen LogP contribution in [-0.2, 0) is 5.41 Å². The summed E-state index contributed by atoms with van der Waals surface area (Å²) in [6.45, 7) is 6.48. The van der Waals surface area contributed by atoms with Crippen LogP contribution in [0.1, 0.15) is 26.6 Å². The van der Waals surface area contributed by atoms with Gasteiger partial charge in [-0.3, -0.25) is 4.57 Å². The van der Waals surface area contributed by atoms with Crippen LogP contribution in [0.15, 0.2) is 84.9 Å². The van der Waals surface area contributed by atoms with E-state index in [0.29, 0.717) is 0 Å². The molecule has 0 amide bonds. The largest absolute Gasteiger partial charge is 0.294 e. The molecule has 3 heteroatoms. The summed E-state index contributed by atoms with van der Waals surface area (Å²) >= 11 is 0. The quantitative estimate of drug-likeness (QED) is 0.350. The minimum Gasteiger partial charge on any atom is -0.294 e. The van der Waals surface area contributed by atoms with Crippen LogP contribution in [0.5, 0.6) is 0 Å². The normalized spacial score (nSPS) is 12.0. The van der Waals surface area contributed by atoms with Crippen LogP contribution in [0.3, 0.4) is 0 Å². The Morgan fingerprint density at radius 1 is 0.655 bits per heavy atom. The molecule has 0 radical (unpaired) electrons. The van der Waals surface area contributed by atoms with Gasteiger partial charge in [-0.1, -0.05) is 87.5 Å². The van der Waals surface area contributed by atoms with Gasteiger partial charge in [-0.2, -0.15) is 0 Å². The SMILES string of the molecule is CC(C)(C)c1nc(-c2ccccc2)cc(-n2c3ccccc3c3ccccc32)n1. The van der Waals surface area contributed by atoms with Gasteiger partial charge in [-0.05, 0) is 12.1 Å². The standard InChI is InChI=1S/C26H23N3/c1-26(2,3)25-27-21(18-11-5-4-6-12-18)17-24(28-25)29-22-15-9-7-13-19(22)20-14-8-10-16-23(20)29/h4-17H,1-3H3. The molecular formula is C26H23N3. The summed E-state index contributed by atoms with van der Waals surface area (Å²) in [4.78, 5) is 9.95. The minimum absolute atomic E-state index is 0.154. The van der Waals surface area contributed by atoms with Gasteiger partial charge >= 0.3 is 0 Å². The van der Waals surface area contributed by atoms with E-state index in [1.807, 2.05) is 18.2 Å². The third-order valence-electron chi connectivity index (χ3n) is 5.26. The van der Waals surface area contributed by atoms with E-state index in [9.17, 15) is 0 Å². The maximum absolute atomic E-state index is 5.02. The molecule has 0 N–H and O–H groups in total. The van der Waals surface area contributed by atoms with Gasteiger partial charge in [-0.15, -0.1) is 0 Å². The molecule has 0 aliphatic rings. The van der Waals surface area contributed by atoms with E-state index in [4.69, 9.17) is 9.97 Å². The van der Waals surface area contributed by atoms with Crippen molar-refractivity contribution in [1.29, 1.82) is 0 Å². The van der Waals surface area contributed by atoms with Crippen LogP contribution in [0.25, 0.3) is 38.9 Å². The van der Waals surface area contributed by atoms with E-state index < -0.39 is 0 Å². The zero-order valence-electron chi connectivity index (χ0n) is 16.9. The van der Waals surface area contributed by atoms with Gasteiger partial charge in [0.05, 0.1) is 16.7 Å². The first kappa shape index (κ1) is 17.6. The van der Waals surface area contributed by atoms with Crippen molar-refractivity contribution >= 4 is 21.8 Å². The Bertz CT molecular complexity index is 1270. The maximum Gasteiger partial charge on any atom is 0.141 e. The Morgan fingerprint density at radius 2 is 1.21 bits per heavy atom. The van der Waals surface area contributed by atoms with Crippen molar-refractivity contribution in [3.8, 4) is 17.1 Å². The highest BCUT2D eigenvalue weighted by Crippen LogP contribution is 2.33. The lowest BCUT2D eigenvalue weighted by Crippen LogP contribution is -2.18. The van der Waals surface area contributed by atoms with Gasteiger partial charge < -0.3 is 0 Å². The predicted octanol–water partition coefficient (Wildman–Crippen LogP) is 6.54. The average Bonchev–Trinajstić information content (AvgIpc) is 3.08. The maximum atomic E-state index is 5.02. The van der Waals surface area contributed by atoms with E-state index >= 15 is 0 Å². The number of hydrogen-bond donors (Lipinski definition) is 0. The second-order valence-electron chi connectivity index (χ2n) is 8.42. The number of fused-ring (bicyclic) bond motifs is 3. The van der Waals surface area contributed by atoms with Gasteiger partial charge in [0.15, 0.2) is 0 Å². The average molecular weight is 377 g/mol. The fourth-order valence-electron chi connectivity index (χ4n) is 3.81. The minimum atomic E-state index is -0.154. The summed E-state index contributed by atoms with van der Waals surface area (Å²) in [7, 11) is 0. The first-order chi connectivity index (χ1) is 14.0. The number of hydrogen-bond acceptors (Lipinski definition) is 2. The Morgan fingerprint density at radius 3 is 1.79 bits per heavy atom. The number of nitrogens with zero attached hydrogens (tertiary/aromatic N) is 3. The molecule has 0 bridgehead atoms. The molecule has 3 nitrogen and oxygen atoms in total. The van der Waals surface area contributed by atoms with Gasteiger partial charge in [0, 0.05) is 27.8 Å². The molecule has 5 aromatic rings. The van der Waals surface area contributed by atoms with E-state index in [0.717, 1.165) is 33.9 Å². The van der Waals surface area contributed by atoms with Crippen LogP contribution in [0.2, 0.25) is 0 Å². The molecule has 5 rings (SSSR count). The molecule has 3 aromatic carbocycles.